The third-order valence-corrected chi connectivity index (χ3v) is 3.22. The zero-order chi connectivity index (χ0) is 15.7. The maximum atomic E-state index is 12.3. The van der Waals surface area contributed by atoms with Crippen LogP contribution in [0.2, 0.25) is 0 Å². The van der Waals surface area contributed by atoms with Gasteiger partial charge in [0.15, 0.2) is 6.10 Å². The fourth-order valence-corrected chi connectivity index (χ4v) is 2.07. The van der Waals surface area contributed by atoms with E-state index in [0.29, 0.717) is 6.42 Å². The largest absolute Gasteiger partial charge is 0.467 e. The second-order valence-electron chi connectivity index (χ2n) is 4.75. The number of rotatable bonds is 8. The number of carbonyl (C=O) groups excluding carboxylic acids is 2. The first-order chi connectivity index (χ1) is 10.1. The molecule has 0 heterocycles. The minimum atomic E-state index is -0.736. The molecule has 0 aromatic heterocycles. The first-order valence-corrected chi connectivity index (χ1v) is 7.10. The van der Waals surface area contributed by atoms with Crippen molar-refractivity contribution in [3.8, 4) is 0 Å². The summed E-state index contributed by atoms with van der Waals surface area (Å²) in [6, 6.07) is 8.53. The summed E-state index contributed by atoms with van der Waals surface area (Å²) in [5.74, 6) is -0.769. The predicted molar refractivity (Wildman–Crippen MR) is 79.7 cm³/mol. The number of hydrogen-bond donors (Lipinski definition) is 1. The Morgan fingerprint density at radius 3 is 2.38 bits per heavy atom. The number of ether oxygens (including phenoxy) is 2. The van der Waals surface area contributed by atoms with Crippen LogP contribution in [0.3, 0.4) is 0 Å². The SMILES string of the molecule is CCCC[C@H](NC(=O)[C@H](OC)c1ccccc1)C(=O)OC. The van der Waals surface area contributed by atoms with Gasteiger partial charge in [0.1, 0.15) is 6.04 Å². The molecule has 0 bridgehead atoms. The van der Waals surface area contributed by atoms with Gasteiger partial charge in [0.25, 0.3) is 5.91 Å². The summed E-state index contributed by atoms with van der Waals surface area (Å²) < 4.78 is 9.99. The van der Waals surface area contributed by atoms with Gasteiger partial charge in [-0.05, 0) is 12.0 Å². The average molecular weight is 293 g/mol. The molecule has 0 aliphatic rings. The standard InChI is InChI=1S/C16H23NO4/c1-4-5-11-13(16(19)21-3)17-15(18)14(20-2)12-9-7-6-8-10-12/h6-10,13-14H,4-5,11H2,1-3H3,(H,17,18)/t13-,14+/m0/s1. The molecule has 1 N–H and O–H groups in total. The number of unbranched alkanes of at least 4 members (excludes halogenated alkanes) is 1. The van der Waals surface area contributed by atoms with Crippen molar-refractivity contribution in [2.24, 2.45) is 0 Å². The molecule has 0 unspecified atom stereocenters. The van der Waals surface area contributed by atoms with E-state index in [1.54, 1.807) is 0 Å². The van der Waals surface area contributed by atoms with Crippen molar-refractivity contribution in [1.29, 1.82) is 0 Å². The van der Waals surface area contributed by atoms with Gasteiger partial charge >= 0.3 is 5.97 Å². The highest BCUT2D eigenvalue weighted by atomic mass is 16.5. The molecule has 0 spiro atoms. The zero-order valence-corrected chi connectivity index (χ0v) is 12.8. The second kappa shape index (κ2) is 9.13. The number of carbonyl (C=O) groups is 2. The van der Waals surface area contributed by atoms with Crippen LogP contribution < -0.4 is 5.32 Å². The maximum absolute atomic E-state index is 12.3. The third-order valence-electron chi connectivity index (χ3n) is 3.22. The molecule has 1 rings (SSSR count). The summed E-state index contributed by atoms with van der Waals surface area (Å²) in [7, 11) is 2.79. The van der Waals surface area contributed by atoms with Gasteiger partial charge < -0.3 is 14.8 Å². The molecule has 1 aromatic carbocycles. The van der Waals surface area contributed by atoms with Crippen molar-refractivity contribution < 1.29 is 19.1 Å². The fourth-order valence-electron chi connectivity index (χ4n) is 2.07. The molecule has 5 nitrogen and oxygen atoms in total. The number of esters is 1. The van der Waals surface area contributed by atoms with Crippen molar-refractivity contribution in [3.05, 3.63) is 35.9 Å². The van der Waals surface area contributed by atoms with E-state index >= 15 is 0 Å². The number of amides is 1. The Morgan fingerprint density at radius 2 is 1.86 bits per heavy atom. The van der Waals surface area contributed by atoms with Gasteiger partial charge in [-0.2, -0.15) is 0 Å². The molecular weight excluding hydrogens is 270 g/mol. The molecule has 0 fully saturated rings. The number of benzene rings is 1. The van der Waals surface area contributed by atoms with Crippen LogP contribution in [-0.2, 0) is 19.1 Å². The highest BCUT2D eigenvalue weighted by Gasteiger charge is 2.26. The molecule has 21 heavy (non-hydrogen) atoms. The van der Waals surface area contributed by atoms with Crippen LogP contribution in [0.1, 0.15) is 37.9 Å². The molecule has 1 amide bonds. The lowest BCUT2D eigenvalue weighted by molar-refractivity contribution is -0.147. The highest BCUT2D eigenvalue weighted by Crippen LogP contribution is 2.17. The van der Waals surface area contributed by atoms with Crippen molar-refractivity contribution >= 4 is 11.9 Å². The second-order valence-corrected chi connectivity index (χ2v) is 4.75. The quantitative estimate of drug-likeness (QED) is 0.746. The average Bonchev–Trinajstić information content (AvgIpc) is 2.52. The highest BCUT2D eigenvalue weighted by molar-refractivity contribution is 5.87. The summed E-state index contributed by atoms with van der Waals surface area (Å²) >= 11 is 0. The number of methoxy groups -OCH3 is 2. The molecule has 2 atom stereocenters. The molecule has 5 heteroatoms. The lowest BCUT2D eigenvalue weighted by Crippen LogP contribution is -2.44. The van der Waals surface area contributed by atoms with E-state index in [2.05, 4.69) is 5.32 Å². The fraction of sp³-hybridized carbons (Fsp3) is 0.500. The van der Waals surface area contributed by atoms with Crippen molar-refractivity contribution in [1.82, 2.24) is 5.32 Å². The van der Waals surface area contributed by atoms with Gasteiger partial charge in [-0.15, -0.1) is 0 Å². The van der Waals surface area contributed by atoms with Gasteiger partial charge in [0.05, 0.1) is 7.11 Å². The summed E-state index contributed by atoms with van der Waals surface area (Å²) in [6.07, 6.45) is 1.60. The Kier molecular flexibility index (Phi) is 7.46. The van der Waals surface area contributed by atoms with E-state index in [9.17, 15) is 9.59 Å². The van der Waals surface area contributed by atoms with E-state index in [1.807, 2.05) is 37.3 Å². The van der Waals surface area contributed by atoms with Crippen LogP contribution in [0, 0.1) is 0 Å². The van der Waals surface area contributed by atoms with Crippen molar-refractivity contribution in [2.45, 2.75) is 38.3 Å². The Hall–Kier alpha value is -1.88. The lowest BCUT2D eigenvalue weighted by atomic mass is 10.1. The Morgan fingerprint density at radius 1 is 1.19 bits per heavy atom. The van der Waals surface area contributed by atoms with Gasteiger partial charge in [0.2, 0.25) is 0 Å². The van der Waals surface area contributed by atoms with E-state index in [1.165, 1.54) is 14.2 Å². The van der Waals surface area contributed by atoms with Crippen molar-refractivity contribution in [3.63, 3.8) is 0 Å². The molecule has 1 aromatic rings. The first kappa shape index (κ1) is 17.2. The molecule has 0 radical (unpaired) electrons. The van der Waals surface area contributed by atoms with E-state index < -0.39 is 18.1 Å². The smallest absolute Gasteiger partial charge is 0.328 e. The molecule has 0 aliphatic heterocycles. The van der Waals surface area contributed by atoms with Gasteiger partial charge in [-0.3, -0.25) is 4.79 Å². The number of hydrogen-bond acceptors (Lipinski definition) is 4. The molecule has 0 saturated heterocycles. The van der Waals surface area contributed by atoms with E-state index in [0.717, 1.165) is 18.4 Å². The number of nitrogens with one attached hydrogen (secondary N) is 1. The Labute approximate surface area is 125 Å². The Balaban J connectivity index is 2.76. The van der Waals surface area contributed by atoms with E-state index in [4.69, 9.17) is 9.47 Å². The van der Waals surface area contributed by atoms with Crippen LogP contribution in [0.25, 0.3) is 0 Å². The topological polar surface area (TPSA) is 64.6 Å². The molecule has 0 saturated carbocycles. The minimum absolute atomic E-state index is 0.338. The van der Waals surface area contributed by atoms with Crippen LogP contribution in [0.5, 0.6) is 0 Å². The van der Waals surface area contributed by atoms with Crippen LogP contribution in [-0.4, -0.2) is 32.1 Å². The van der Waals surface area contributed by atoms with Crippen LogP contribution in [0.4, 0.5) is 0 Å². The Bertz CT molecular complexity index is 447. The summed E-state index contributed by atoms with van der Waals surface area (Å²) in [5.41, 5.74) is 0.747. The summed E-state index contributed by atoms with van der Waals surface area (Å²) in [6.45, 7) is 2.03. The van der Waals surface area contributed by atoms with Gasteiger partial charge in [0, 0.05) is 7.11 Å². The maximum Gasteiger partial charge on any atom is 0.328 e. The van der Waals surface area contributed by atoms with Gasteiger partial charge in [-0.1, -0.05) is 50.1 Å². The van der Waals surface area contributed by atoms with Crippen molar-refractivity contribution in [2.75, 3.05) is 14.2 Å². The predicted octanol–water partition coefficient (Wildman–Crippen LogP) is 2.22. The molecular formula is C16H23NO4. The van der Waals surface area contributed by atoms with Crippen LogP contribution >= 0.6 is 0 Å². The molecule has 0 aliphatic carbocycles. The van der Waals surface area contributed by atoms with Gasteiger partial charge in [-0.25, -0.2) is 4.79 Å². The molecule has 116 valence electrons. The first-order valence-electron chi connectivity index (χ1n) is 7.10. The lowest BCUT2D eigenvalue weighted by Gasteiger charge is -2.20. The monoisotopic (exact) mass is 293 g/mol. The zero-order valence-electron chi connectivity index (χ0n) is 12.8. The van der Waals surface area contributed by atoms with Crippen LogP contribution in [0.15, 0.2) is 30.3 Å². The summed E-state index contributed by atoms with van der Waals surface area (Å²) in [5, 5.41) is 2.71. The van der Waals surface area contributed by atoms with E-state index in [-0.39, 0.29) is 5.91 Å². The summed E-state index contributed by atoms with van der Waals surface area (Å²) in [4.78, 5) is 24.0. The minimum Gasteiger partial charge on any atom is -0.467 e. The third kappa shape index (κ3) is 5.19. The normalized spacial score (nSPS) is 13.3.